The van der Waals surface area contributed by atoms with Gasteiger partial charge in [-0.1, -0.05) is 0 Å². The molecule has 14 heavy (non-hydrogen) atoms. The van der Waals surface area contributed by atoms with Gasteiger partial charge in [-0.25, -0.2) is 10.2 Å². The first-order valence-electron chi connectivity index (χ1n) is 4.43. The lowest BCUT2D eigenvalue weighted by molar-refractivity contribution is -0.136. The molecule has 0 amide bonds. The quantitative estimate of drug-likeness (QED) is 0.609. The highest BCUT2D eigenvalue weighted by molar-refractivity contribution is 5.70. The van der Waals surface area contributed by atoms with Crippen LogP contribution >= 0.6 is 0 Å². The number of rotatable bonds is 2. The van der Waals surface area contributed by atoms with Gasteiger partial charge in [0, 0.05) is 12.1 Å². The van der Waals surface area contributed by atoms with Crippen molar-refractivity contribution in [2.24, 2.45) is 5.84 Å². The van der Waals surface area contributed by atoms with Gasteiger partial charge in [0.05, 0.1) is 18.7 Å². The molecule has 0 aliphatic carbocycles. The third-order valence-electron chi connectivity index (χ3n) is 2.54. The van der Waals surface area contributed by atoms with Crippen LogP contribution in [0.1, 0.15) is 12.8 Å². The summed E-state index contributed by atoms with van der Waals surface area (Å²) in [7, 11) is 0. The van der Waals surface area contributed by atoms with E-state index in [4.69, 9.17) is 10.9 Å². The van der Waals surface area contributed by atoms with E-state index in [9.17, 15) is 9.18 Å². The predicted octanol–water partition coefficient (Wildman–Crippen LogP) is -0.137. The third-order valence-corrected chi connectivity index (χ3v) is 2.54. The summed E-state index contributed by atoms with van der Waals surface area (Å²) in [5, 5.41) is 10.0. The summed E-state index contributed by atoms with van der Waals surface area (Å²) >= 11 is 0. The minimum Gasteiger partial charge on any atom is -0.481 e. The molecule has 78 valence electrons. The molecule has 2 aliphatic rings. The Bertz CT molecular complexity index is 305. The van der Waals surface area contributed by atoms with Crippen LogP contribution in [0.15, 0.2) is 11.4 Å². The summed E-state index contributed by atoms with van der Waals surface area (Å²) in [5.74, 6) is 4.67. The van der Waals surface area contributed by atoms with Crippen LogP contribution in [0.3, 0.4) is 0 Å². The van der Waals surface area contributed by atoms with E-state index in [2.05, 4.69) is 0 Å². The van der Waals surface area contributed by atoms with E-state index in [0.29, 0.717) is 18.9 Å². The Labute approximate surface area is 80.5 Å². The average Bonchev–Trinajstić information content (AvgIpc) is 2.51. The molecule has 0 saturated carbocycles. The van der Waals surface area contributed by atoms with Gasteiger partial charge in [-0.05, 0) is 0 Å². The zero-order valence-electron chi connectivity index (χ0n) is 7.61. The first-order valence-corrected chi connectivity index (χ1v) is 4.43. The number of alkyl halides is 1. The van der Waals surface area contributed by atoms with Crippen molar-refractivity contribution in [3.8, 4) is 0 Å². The van der Waals surface area contributed by atoms with Crippen LogP contribution in [-0.2, 0) is 4.79 Å². The lowest BCUT2D eigenvalue weighted by Crippen LogP contribution is -2.34. The highest BCUT2D eigenvalue weighted by Gasteiger charge is 2.36. The molecule has 0 radical (unpaired) electrons. The van der Waals surface area contributed by atoms with Crippen LogP contribution in [0, 0.1) is 0 Å². The lowest BCUT2D eigenvalue weighted by Gasteiger charge is -2.16. The molecule has 2 aliphatic heterocycles. The van der Waals surface area contributed by atoms with Gasteiger partial charge < -0.3 is 10.0 Å². The van der Waals surface area contributed by atoms with E-state index in [1.54, 1.807) is 4.90 Å². The van der Waals surface area contributed by atoms with Crippen molar-refractivity contribution in [3.63, 3.8) is 0 Å². The second-order valence-corrected chi connectivity index (χ2v) is 3.60. The van der Waals surface area contributed by atoms with Gasteiger partial charge in [-0.15, -0.1) is 0 Å². The molecule has 1 atom stereocenters. The van der Waals surface area contributed by atoms with Gasteiger partial charge in [0.2, 0.25) is 0 Å². The zero-order valence-corrected chi connectivity index (χ0v) is 7.61. The van der Waals surface area contributed by atoms with Crippen LogP contribution in [0.25, 0.3) is 0 Å². The minimum atomic E-state index is -0.938. The van der Waals surface area contributed by atoms with Gasteiger partial charge in [-0.2, -0.15) is 0 Å². The Morgan fingerprint density at radius 1 is 1.71 bits per heavy atom. The third kappa shape index (κ3) is 1.41. The molecule has 0 aromatic carbocycles. The number of hydrazine groups is 1. The molecule has 0 spiro atoms. The molecule has 0 aromatic heterocycles. The van der Waals surface area contributed by atoms with Gasteiger partial charge >= 0.3 is 5.97 Å². The Hall–Kier alpha value is -1.30. The van der Waals surface area contributed by atoms with E-state index >= 15 is 0 Å². The van der Waals surface area contributed by atoms with Crippen LogP contribution < -0.4 is 5.84 Å². The number of aliphatic carboxylic acids is 1. The summed E-state index contributed by atoms with van der Waals surface area (Å²) in [6, 6.07) is 0. The summed E-state index contributed by atoms with van der Waals surface area (Å²) in [6.45, 7) is 0.727. The molecule has 3 N–H and O–H groups in total. The smallest absolute Gasteiger partial charge is 0.309 e. The molecular formula is C8H12FN3O2. The fourth-order valence-electron chi connectivity index (χ4n) is 1.98. The molecule has 0 bridgehead atoms. The summed E-state index contributed by atoms with van der Waals surface area (Å²) in [6.07, 6.45) is -0.728. The number of hydrogen-bond acceptors (Lipinski definition) is 4. The molecule has 5 nitrogen and oxygen atoms in total. The largest absolute Gasteiger partial charge is 0.481 e. The lowest BCUT2D eigenvalue weighted by atomic mass is 10.2. The molecular weight excluding hydrogens is 189 g/mol. The van der Waals surface area contributed by atoms with Crippen molar-refractivity contribution in [2.45, 2.75) is 19.0 Å². The number of nitrogens with zero attached hydrogens (tertiary/aromatic N) is 2. The Balaban J connectivity index is 2.21. The number of halogens is 1. The molecule has 2 rings (SSSR count). The first kappa shape index (κ1) is 9.26. The van der Waals surface area contributed by atoms with Crippen molar-refractivity contribution in [3.05, 3.63) is 11.4 Å². The number of fused-ring (bicyclic) bond motifs is 1. The fourth-order valence-corrected chi connectivity index (χ4v) is 1.98. The zero-order chi connectivity index (χ0) is 10.3. The van der Waals surface area contributed by atoms with Crippen molar-refractivity contribution >= 4 is 5.97 Å². The monoisotopic (exact) mass is 201 g/mol. The van der Waals surface area contributed by atoms with Gasteiger partial charge in [0.15, 0.2) is 0 Å². The summed E-state index contributed by atoms with van der Waals surface area (Å²) < 4.78 is 13.0. The highest BCUT2D eigenvalue weighted by atomic mass is 19.1. The number of nitrogens with two attached hydrogens (primary N) is 1. The van der Waals surface area contributed by atoms with Crippen molar-refractivity contribution < 1.29 is 14.3 Å². The van der Waals surface area contributed by atoms with Crippen LogP contribution in [0.5, 0.6) is 0 Å². The maximum atomic E-state index is 13.0. The molecule has 2 heterocycles. The predicted molar refractivity (Wildman–Crippen MR) is 46.4 cm³/mol. The van der Waals surface area contributed by atoms with Crippen molar-refractivity contribution in [2.75, 3.05) is 13.2 Å². The van der Waals surface area contributed by atoms with Crippen molar-refractivity contribution in [1.82, 2.24) is 9.91 Å². The van der Waals surface area contributed by atoms with Crippen LogP contribution in [0.2, 0.25) is 0 Å². The normalized spacial score (nSPS) is 26.0. The topological polar surface area (TPSA) is 69.8 Å². The Morgan fingerprint density at radius 3 is 3.07 bits per heavy atom. The number of carboxylic acids is 1. The van der Waals surface area contributed by atoms with Gasteiger partial charge in [-0.3, -0.25) is 9.80 Å². The molecule has 1 saturated heterocycles. The first-order chi connectivity index (χ1) is 6.58. The molecule has 0 unspecified atom stereocenters. The highest BCUT2D eigenvalue weighted by Crippen LogP contribution is 2.33. The second kappa shape index (κ2) is 3.13. The van der Waals surface area contributed by atoms with Crippen LogP contribution in [0.4, 0.5) is 4.39 Å². The number of carboxylic acid groups (broad SMARTS) is 1. The van der Waals surface area contributed by atoms with E-state index in [-0.39, 0.29) is 12.8 Å². The number of hydrogen-bond donors (Lipinski definition) is 2. The van der Waals surface area contributed by atoms with Crippen molar-refractivity contribution in [1.29, 1.82) is 0 Å². The number of allylic oxidation sites excluding steroid dienone is 1. The summed E-state index contributed by atoms with van der Waals surface area (Å²) in [5.41, 5.74) is 1.29. The standard InChI is InChI=1S/C8H12FN3O2/c9-5-1-6-7(2-8(13)14)12(10)4-11(6)3-5/h5H,1-4,10H2,(H,13,14)/t5-/m1/s1. The SMILES string of the molecule is NN1CN2C[C@H](F)CC2=C1CC(=O)O. The molecule has 0 aromatic rings. The Morgan fingerprint density at radius 2 is 2.43 bits per heavy atom. The van der Waals surface area contributed by atoms with E-state index in [1.165, 1.54) is 5.01 Å². The van der Waals surface area contributed by atoms with Crippen LogP contribution in [-0.4, -0.2) is 40.4 Å². The minimum absolute atomic E-state index is 0.130. The van der Waals surface area contributed by atoms with Gasteiger partial charge in [0.25, 0.3) is 0 Å². The fraction of sp³-hybridized carbons (Fsp3) is 0.625. The molecule has 1 fully saturated rings. The maximum Gasteiger partial charge on any atom is 0.309 e. The molecule has 6 heteroatoms. The van der Waals surface area contributed by atoms with Gasteiger partial charge in [0.1, 0.15) is 12.8 Å². The summed E-state index contributed by atoms with van der Waals surface area (Å²) in [4.78, 5) is 12.3. The maximum absolute atomic E-state index is 13.0. The Kier molecular flexibility index (Phi) is 2.07. The van der Waals surface area contributed by atoms with E-state index in [0.717, 1.165) is 5.70 Å². The van der Waals surface area contributed by atoms with E-state index < -0.39 is 12.1 Å². The second-order valence-electron chi connectivity index (χ2n) is 3.60. The average molecular weight is 201 g/mol. The van der Waals surface area contributed by atoms with E-state index in [1.807, 2.05) is 0 Å². The number of carbonyl (C=O) groups is 1.